The number of nitrogens with zero attached hydrogens (tertiary/aromatic N) is 5. The lowest BCUT2D eigenvalue weighted by atomic mass is 10.1. The Morgan fingerprint density at radius 3 is 2.62 bits per heavy atom. The van der Waals surface area contributed by atoms with Crippen LogP contribution in [0, 0.1) is 0 Å². The molecule has 24 heavy (non-hydrogen) atoms. The van der Waals surface area contributed by atoms with Crippen LogP contribution in [0.5, 0.6) is 0 Å². The van der Waals surface area contributed by atoms with Crippen LogP contribution in [0.1, 0.15) is 25.1 Å². The molecule has 1 unspecified atom stereocenters. The molecule has 10 heteroatoms. The lowest BCUT2D eigenvalue weighted by Gasteiger charge is -2.28. The summed E-state index contributed by atoms with van der Waals surface area (Å²) < 4.78 is 39.1. The quantitative estimate of drug-likeness (QED) is 0.854. The van der Waals surface area contributed by atoms with E-state index in [0.717, 1.165) is 25.9 Å². The van der Waals surface area contributed by atoms with Gasteiger partial charge in [0.15, 0.2) is 5.65 Å². The first-order valence-electron chi connectivity index (χ1n) is 7.87. The van der Waals surface area contributed by atoms with Gasteiger partial charge in [-0.1, -0.05) is 6.42 Å². The van der Waals surface area contributed by atoms with Crippen molar-refractivity contribution in [3.05, 3.63) is 18.0 Å². The van der Waals surface area contributed by atoms with Gasteiger partial charge in [-0.3, -0.25) is 0 Å². The van der Waals surface area contributed by atoms with Gasteiger partial charge in [0.2, 0.25) is 0 Å². The van der Waals surface area contributed by atoms with Crippen LogP contribution < -0.4 is 5.32 Å². The molecule has 1 aliphatic rings. The van der Waals surface area contributed by atoms with Crippen LogP contribution in [-0.2, 0) is 6.18 Å². The first kappa shape index (κ1) is 16.9. The first-order chi connectivity index (χ1) is 11.4. The highest BCUT2D eigenvalue weighted by atomic mass is 19.4. The number of nitrogens with one attached hydrogen (secondary N) is 1. The molecule has 2 aromatic rings. The van der Waals surface area contributed by atoms with Crippen molar-refractivity contribution in [2.75, 3.05) is 31.5 Å². The number of fused-ring (bicyclic) bond motifs is 1. The van der Waals surface area contributed by atoms with Crippen LogP contribution in [0.3, 0.4) is 0 Å². The molecule has 0 spiro atoms. The highest BCUT2D eigenvalue weighted by molar-refractivity contribution is 5.44. The maximum atomic E-state index is 12.8. The molecule has 132 valence electrons. The van der Waals surface area contributed by atoms with E-state index in [1.54, 1.807) is 0 Å². The van der Waals surface area contributed by atoms with E-state index < -0.39 is 18.1 Å². The van der Waals surface area contributed by atoms with Crippen molar-refractivity contribution in [1.82, 2.24) is 24.7 Å². The van der Waals surface area contributed by atoms with Gasteiger partial charge in [-0.2, -0.15) is 17.7 Å². The van der Waals surface area contributed by atoms with Gasteiger partial charge in [-0.15, -0.1) is 15.3 Å². The molecule has 7 nitrogen and oxygen atoms in total. The Bertz CT molecular complexity index is 683. The molecule has 0 radical (unpaired) electrons. The van der Waals surface area contributed by atoms with E-state index in [0.29, 0.717) is 11.1 Å². The molecule has 0 bridgehead atoms. The van der Waals surface area contributed by atoms with Gasteiger partial charge >= 0.3 is 6.18 Å². The van der Waals surface area contributed by atoms with E-state index in [9.17, 15) is 18.3 Å². The number of likely N-dealkylation sites (tertiary alicyclic amines) is 1. The predicted molar refractivity (Wildman–Crippen MR) is 80.6 cm³/mol. The second kappa shape index (κ2) is 6.89. The Hall–Kier alpha value is -1.94. The van der Waals surface area contributed by atoms with E-state index in [1.807, 2.05) is 0 Å². The second-order valence-corrected chi connectivity index (χ2v) is 5.91. The van der Waals surface area contributed by atoms with Crippen molar-refractivity contribution in [2.45, 2.75) is 31.5 Å². The zero-order valence-corrected chi connectivity index (χ0v) is 13.0. The molecule has 2 N–H and O–H groups in total. The normalized spacial score (nSPS) is 18.0. The van der Waals surface area contributed by atoms with Gasteiger partial charge in [-0.05, 0) is 38.1 Å². The topological polar surface area (TPSA) is 78.6 Å². The summed E-state index contributed by atoms with van der Waals surface area (Å²) in [5, 5.41) is 23.4. The predicted octanol–water partition coefficient (Wildman–Crippen LogP) is 1.40. The summed E-state index contributed by atoms with van der Waals surface area (Å²) in [5.41, 5.74) is 0.0155. The minimum absolute atomic E-state index is 0.0155. The van der Waals surface area contributed by atoms with Crippen LogP contribution in [-0.4, -0.2) is 62.1 Å². The summed E-state index contributed by atoms with van der Waals surface area (Å²) >= 11 is 0. The van der Waals surface area contributed by atoms with Crippen LogP contribution in [0.2, 0.25) is 0 Å². The number of aliphatic hydroxyl groups is 1. The van der Waals surface area contributed by atoms with Gasteiger partial charge in [0.05, 0.1) is 6.10 Å². The minimum atomic E-state index is -4.63. The van der Waals surface area contributed by atoms with E-state index in [1.165, 1.54) is 18.6 Å². The zero-order chi connectivity index (χ0) is 17.2. The number of β-amino-alcohol motifs (C(OH)–C–C–N with tert-alkyl or cyclic N) is 1. The summed E-state index contributed by atoms with van der Waals surface area (Å²) in [4.78, 5) is 2.19. The average Bonchev–Trinajstić information content (AvgIpc) is 2.97. The largest absolute Gasteiger partial charge is 0.453 e. The molecule has 0 aliphatic carbocycles. The van der Waals surface area contributed by atoms with Crippen LogP contribution in [0.4, 0.5) is 19.0 Å². The van der Waals surface area contributed by atoms with E-state index in [4.69, 9.17) is 0 Å². The molecule has 3 rings (SSSR count). The SMILES string of the molecule is OC(CNc1ccc2nnc(C(F)(F)F)n2n1)CN1CCCCC1. The number of hydrogen-bond donors (Lipinski definition) is 2. The molecule has 3 heterocycles. The molecular weight excluding hydrogens is 325 g/mol. The Morgan fingerprint density at radius 1 is 1.17 bits per heavy atom. The van der Waals surface area contributed by atoms with Gasteiger partial charge in [0.1, 0.15) is 5.82 Å². The maximum absolute atomic E-state index is 12.8. The highest BCUT2D eigenvalue weighted by Gasteiger charge is 2.37. The van der Waals surface area contributed by atoms with Crippen LogP contribution >= 0.6 is 0 Å². The third-order valence-electron chi connectivity index (χ3n) is 3.95. The van der Waals surface area contributed by atoms with Crippen molar-refractivity contribution in [1.29, 1.82) is 0 Å². The highest BCUT2D eigenvalue weighted by Crippen LogP contribution is 2.27. The van der Waals surface area contributed by atoms with E-state index >= 15 is 0 Å². The zero-order valence-electron chi connectivity index (χ0n) is 13.0. The van der Waals surface area contributed by atoms with Crippen molar-refractivity contribution >= 4 is 11.5 Å². The van der Waals surface area contributed by atoms with Crippen molar-refractivity contribution < 1.29 is 18.3 Å². The number of hydrogen-bond acceptors (Lipinski definition) is 6. The van der Waals surface area contributed by atoms with Crippen LogP contribution in [0.15, 0.2) is 12.1 Å². The number of alkyl halides is 3. The molecule has 2 aromatic heterocycles. The average molecular weight is 344 g/mol. The fourth-order valence-electron chi connectivity index (χ4n) is 2.79. The van der Waals surface area contributed by atoms with Gasteiger partial charge in [0, 0.05) is 13.1 Å². The number of anilines is 1. The molecule has 0 saturated carbocycles. The smallest absolute Gasteiger partial charge is 0.390 e. The monoisotopic (exact) mass is 344 g/mol. The summed E-state index contributed by atoms with van der Waals surface area (Å²) in [7, 11) is 0. The molecule has 1 saturated heterocycles. The summed E-state index contributed by atoms with van der Waals surface area (Å²) in [6, 6.07) is 2.91. The fourth-order valence-corrected chi connectivity index (χ4v) is 2.79. The van der Waals surface area contributed by atoms with Crippen molar-refractivity contribution in [3.8, 4) is 0 Å². The lowest BCUT2D eigenvalue weighted by molar-refractivity contribution is -0.146. The number of rotatable bonds is 5. The standard InChI is InChI=1S/C14H19F3N6O/c15-14(16,17)13-20-19-12-5-4-11(21-23(12)13)18-8-10(24)9-22-6-2-1-3-7-22/h4-5,10,24H,1-3,6-9H2,(H,18,21). The third kappa shape index (κ3) is 3.93. The van der Waals surface area contributed by atoms with Gasteiger partial charge in [-0.25, -0.2) is 0 Å². The summed E-state index contributed by atoms with van der Waals surface area (Å²) in [6.45, 7) is 2.68. The lowest BCUT2D eigenvalue weighted by Crippen LogP contribution is -2.39. The summed E-state index contributed by atoms with van der Waals surface area (Å²) in [5.74, 6) is -0.944. The molecule has 0 aromatic carbocycles. The first-order valence-corrected chi connectivity index (χ1v) is 7.87. The molecular formula is C14H19F3N6O. The van der Waals surface area contributed by atoms with Crippen molar-refractivity contribution in [3.63, 3.8) is 0 Å². The number of piperidine rings is 1. The maximum Gasteiger partial charge on any atom is 0.453 e. The van der Waals surface area contributed by atoms with E-state index in [2.05, 4.69) is 25.5 Å². The van der Waals surface area contributed by atoms with Crippen LogP contribution in [0.25, 0.3) is 5.65 Å². The minimum Gasteiger partial charge on any atom is -0.390 e. The molecule has 1 atom stereocenters. The Balaban J connectivity index is 1.62. The van der Waals surface area contributed by atoms with Crippen molar-refractivity contribution in [2.24, 2.45) is 0 Å². The summed E-state index contributed by atoms with van der Waals surface area (Å²) in [6.07, 6.45) is -1.77. The fraction of sp³-hybridized carbons (Fsp3) is 0.643. The number of halogens is 3. The Kier molecular flexibility index (Phi) is 4.86. The second-order valence-electron chi connectivity index (χ2n) is 5.91. The van der Waals surface area contributed by atoms with Gasteiger partial charge in [0.25, 0.3) is 5.82 Å². The molecule has 1 fully saturated rings. The van der Waals surface area contributed by atoms with E-state index in [-0.39, 0.29) is 18.0 Å². The number of aromatic nitrogens is 4. The molecule has 0 amide bonds. The Labute approximate surface area is 136 Å². The Morgan fingerprint density at radius 2 is 1.92 bits per heavy atom. The number of aliphatic hydroxyl groups excluding tert-OH is 1. The third-order valence-corrected chi connectivity index (χ3v) is 3.95. The van der Waals surface area contributed by atoms with Gasteiger partial charge < -0.3 is 15.3 Å². The molecule has 1 aliphatic heterocycles.